The van der Waals surface area contributed by atoms with Crippen LogP contribution in [0.2, 0.25) is 5.02 Å². The Kier molecular flexibility index (Phi) is 5.56. The molecule has 2 aromatic rings. The number of hydrogen-bond donors (Lipinski definition) is 1. The highest BCUT2D eigenvalue weighted by atomic mass is 35.5. The monoisotopic (exact) mass is 351 g/mol. The van der Waals surface area contributed by atoms with Gasteiger partial charge < -0.3 is 19.5 Å². The first-order valence-electron chi connectivity index (χ1n) is 7.78. The third kappa shape index (κ3) is 3.98. The minimum absolute atomic E-state index is 0.0666. The van der Waals surface area contributed by atoms with E-state index in [1.54, 1.807) is 7.11 Å². The summed E-state index contributed by atoms with van der Waals surface area (Å²) in [6.45, 7) is 2.34. The molecule has 0 amide bonds. The van der Waals surface area contributed by atoms with Crippen molar-refractivity contribution < 1.29 is 18.6 Å². The Bertz CT molecular complexity index is 705. The van der Waals surface area contributed by atoms with E-state index in [2.05, 4.69) is 5.32 Å². The van der Waals surface area contributed by atoms with E-state index in [9.17, 15) is 4.39 Å². The Morgan fingerprint density at radius 3 is 2.88 bits per heavy atom. The maximum Gasteiger partial charge on any atom is 0.172 e. The fourth-order valence-electron chi connectivity index (χ4n) is 2.66. The molecule has 1 atom stereocenters. The predicted octanol–water partition coefficient (Wildman–Crippen LogP) is 3.81. The molecular formula is C18H19ClFNO3. The van der Waals surface area contributed by atoms with E-state index in [0.717, 1.165) is 18.7 Å². The number of morpholine rings is 1. The molecule has 1 N–H and O–H groups in total. The van der Waals surface area contributed by atoms with Crippen LogP contribution in [0.1, 0.15) is 5.56 Å². The van der Waals surface area contributed by atoms with Gasteiger partial charge in [0.05, 0.1) is 24.8 Å². The lowest BCUT2D eigenvalue weighted by Gasteiger charge is -2.25. The average Bonchev–Trinajstić information content (AvgIpc) is 2.59. The lowest BCUT2D eigenvalue weighted by atomic mass is 10.1. The van der Waals surface area contributed by atoms with Crippen molar-refractivity contribution in [2.45, 2.75) is 12.5 Å². The number of methoxy groups -OCH3 is 1. The molecule has 4 nitrogen and oxygen atoms in total. The predicted molar refractivity (Wildman–Crippen MR) is 90.8 cm³/mol. The molecule has 0 saturated carbocycles. The third-order valence-electron chi connectivity index (χ3n) is 3.84. The summed E-state index contributed by atoms with van der Waals surface area (Å²) in [6.07, 6.45) is 0.745. The number of ether oxygens (including phenoxy) is 3. The minimum atomic E-state index is -0.408. The molecule has 1 saturated heterocycles. The fourth-order valence-corrected chi connectivity index (χ4v) is 2.87. The third-order valence-corrected chi connectivity index (χ3v) is 4.13. The van der Waals surface area contributed by atoms with Gasteiger partial charge in [-0.3, -0.25) is 0 Å². The van der Waals surface area contributed by atoms with E-state index in [1.807, 2.05) is 18.2 Å². The van der Waals surface area contributed by atoms with Crippen molar-refractivity contribution in [3.63, 3.8) is 0 Å². The van der Waals surface area contributed by atoms with Gasteiger partial charge in [-0.05, 0) is 24.3 Å². The summed E-state index contributed by atoms with van der Waals surface area (Å²) in [5, 5.41) is 3.52. The highest BCUT2D eigenvalue weighted by Gasteiger charge is 2.19. The Labute approximate surface area is 145 Å². The minimum Gasteiger partial charge on any atom is -0.493 e. The number of benzene rings is 2. The van der Waals surface area contributed by atoms with Crippen LogP contribution in [0, 0.1) is 5.82 Å². The molecule has 6 heteroatoms. The van der Waals surface area contributed by atoms with Crippen LogP contribution in [0.4, 0.5) is 4.39 Å². The zero-order chi connectivity index (χ0) is 16.9. The summed E-state index contributed by atoms with van der Waals surface area (Å²) in [5.41, 5.74) is 0.948. The molecule has 1 aliphatic rings. The molecule has 1 unspecified atom stereocenters. The first-order valence-corrected chi connectivity index (χ1v) is 8.16. The summed E-state index contributed by atoms with van der Waals surface area (Å²) < 4.78 is 30.4. The van der Waals surface area contributed by atoms with Gasteiger partial charge in [0.2, 0.25) is 0 Å². The van der Waals surface area contributed by atoms with Crippen LogP contribution in [-0.2, 0) is 11.2 Å². The normalized spacial score (nSPS) is 17.5. The van der Waals surface area contributed by atoms with Crippen molar-refractivity contribution in [3.05, 3.63) is 52.8 Å². The highest BCUT2D eigenvalue weighted by Crippen LogP contribution is 2.38. The van der Waals surface area contributed by atoms with Crippen LogP contribution in [0.5, 0.6) is 17.2 Å². The second-order valence-electron chi connectivity index (χ2n) is 5.53. The smallest absolute Gasteiger partial charge is 0.172 e. The molecule has 0 aliphatic carbocycles. The Balaban J connectivity index is 1.89. The number of para-hydroxylation sites is 1. The van der Waals surface area contributed by atoms with Crippen molar-refractivity contribution in [2.75, 3.05) is 26.8 Å². The molecule has 0 radical (unpaired) electrons. The standard InChI is InChI=1S/C18H19ClFNO3/c1-22-17-4-2-3-12(9-14-11-21-7-8-23-14)18(17)24-16-6-5-13(20)10-15(16)19/h2-6,10,14,21H,7-9,11H2,1H3. The van der Waals surface area contributed by atoms with E-state index in [0.29, 0.717) is 30.3 Å². The number of halogens is 2. The van der Waals surface area contributed by atoms with Crippen LogP contribution in [0.3, 0.4) is 0 Å². The van der Waals surface area contributed by atoms with Gasteiger partial charge in [-0.1, -0.05) is 23.7 Å². The van der Waals surface area contributed by atoms with Gasteiger partial charge in [0, 0.05) is 25.1 Å². The molecule has 0 spiro atoms. The molecule has 0 bridgehead atoms. The first kappa shape index (κ1) is 17.0. The van der Waals surface area contributed by atoms with Crippen molar-refractivity contribution in [1.82, 2.24) is 5.32 Å². The summed E-state index contributed by atoms with van der Waals surface area (Å²) in [5.74, 6) is 1.14. The van der Waals surface area contributed by atoms with E-state index >= 15 is 0 Å². The van der Waals surface area contributed by atoms with Crippen LogP contribution in [0.25, 0.3) is 0 Å². The van der Waals surface area contributed by atoms with Crippen LogP contribution < -0.4 is 14.8 Å². The van der Waals surface area contributed by atoms with Gasteiger partial charge in [-0.2, -0.15) is 0 Å². The maximum atomic E-state index is 13.2. The van der Waals surface area contributed by atoms with E-state index in [-0.39, 0.29) is 11.1 Å². The zero-order valence-electron chi connectivity index (χ0n) is 13.4. The fraction of sp³-hybridized carbons (Fsp3) is 0.333. The first-order chi connectivity index (χ1) is 11.7. The van der Waals surface area contributed by atoms with Gasteiger partial charge in [0.15, 0.2) is 11.5 Å². The molecule has 0 aromatic heterocycles. The summed E-state index contributed by atoms with van der Waals surface area (Å²) in [4.78, 5) is 0. The molecule has 128 valence electrons. The maximum absolute atomic E-state index is 13.2. The largest absolute Gasteiger partial charge is 0.493 e. The van der Waals surface area contributed by atoms with Gasteiger partial charge in [-0.25, -0.2) is 4.39 Å². The number of rotatable bonds is 5. The Morgan fingerprint density at radius 2 is 2.17 bits per heavy atom. The van der Waals surface area contributed by atoms with Gasteiger partial charge in [-0.15, -0.1) is 0 Å². The van der Waals surface area contributed by atoms with Crippen LogP contribution in [-0.4, -0.2) is 32.9 Å². The van der Waals surface area contributed by atoms with Gasteiger partial charge in [0.25, 0.3) is 0 Å². The second kappa shape index (κ2) is 7.83. The van der Waals surface area contributed by atoms with Crippen molar-refractivity contribution >= 4 is 11.6 Å². The molecule has 24 heavy (non-hydrogen) atoms. The van der Waals surface area contributed by atoms with Crippen molar-refractivity contribution in [3.8, 4) is 17.2 Å². The lowest BCUT2D eigenvalue weighted by Crippen LogP contribution is -2.39. The highest BCUT2D eigenvalue weighted by molar-refractivity contribution is 6.32. The number of nitrogens with one attached hydrogen (secondary N) is 1. The zero-order valence-corrected chi connectivity index (χ0v) is 14.1. The van der Waals surface area contributed by atoms with Crippen LogP contribution >= 0.6 is 11.6 Å². The molecule has 1 fully saturated rings. The second-order valence-corrected chi connectivity index (χ2v) is 5.93. The van der Waals surface area contributed by atoms with E-state index in [4.69, 9.17) is 25.8 Å². The quantitative estimate of drug-likeness (QED) is 0.889. The molecule has 1 heterocycles. The number of hydrogen-bond acceptors (Lipinski definition) is 4. The Morgan fingerprint density at radius 1 is 1.29 bits per heavy atom. The molecule has 2 aromatic carbocycles. The molecule has 1 aliphatic heterocycles. The Hall–Kier alpha value is -1.82. The topological polar surface area (TPSA) is 39.7 Å². The van der Waals surface area contributed by atoms with Crippen molar-refractivity contribution in [1.29, 1.82) is 0 Å². The van der Waals surface area contributed by atoms with E-state index < -0.39 is 5.82 Å². The van der Waals surface area contributed by atoms with Crippen LogP contribution in [0.15, 0.2) is 36.4 Å². The van der Waals surface area contributed by atoms with Gasteiger partial charge >= 0.3 is 0 Å². The average molecular weight is 352 g/mol. The van der Waals surface area contributed by atoms with Crippen molar-refractivity contribution in [2.24, 2.45) is 0 Å². The van der Waals surface area contributed by atoms with E-state index in [1.165, 1.54) is 18.2 Å². The summed E-state index contributed by atoms with van der Waals surface area (Å²) in [6, 6.07) is 9.73. The SMILES string of the molecule is COc1cccc(CC2CNCCO2)c1Oc1ccc(F)cc1Cl. The lowest BCUT2D eigenvalue weighted by molar-refractivity contribution is 0.0289. The van der Waals surface area contributed by atoms with Gasteiger partial charge in [0.1, 0.15) is 11.6 Å². The summed E-state index contributed by atoms with van der Waals surface area (Å²) >= 11 is 6.08. The molecule has 3 rings (SSSR count). The summed E-state index contributed by atoms with van der Waals surface area (Å²) in [7, 11) is 1.58. The molecular weight excluding hydrogens is 333 g/mol.